The average Bonchev–Trinajstić information content (AvgIpc) is 3.10. The van der Waals surface area contributed by atoms with Crippen LogP contribution in [0.3, 0.4) is 0 Å². The molecule has 2 aliphatic rings. The van der Waals surface area contributed by atoms with Crippen molar-refractivity contribution in [2.24, 2.45) is 0 Å². The van der Waals surface area contributed by atoms with E-state index in [1.54, 1.807) is 4.90 Å². The molecule has 2 fully saturated rings. The Morgan fingerprint density at radius 1 is 1.29 bits per heavy atom. The van der Waals surface area contributed by atoms with Gasteiger partial charge in [-0.2, -0.15) is 0 Å². The van der Waals surface area contributed by atoms with Gasteiger partial charge in [0, 0.05) is 24.7 Å². The van der Waals surface area contributed by atoms with Crippen molar-refractivity contribution >= 4 is 11.7 Å². The highest BCUT2D eigenvalue weighted by atomic mass is 19.1. The number of hydrogen-bond acceptors (Lipinski definition) is 2. The number of carbonyl (C=O) groups excluding carboxylic acids is 1. The summed E-state index contributed by atoms with van der Waals surface area (Å²) in [4.78, 5) is 14.1. The summed E-state index contributed by atoms with van der Waals surface area (Å²) in [6.07, 6.45) is 4.13. The molecule has 2 saturated heterocycles. The Labute approximate surface area is 122 Å². The lowest BCUT2D eigenvalue weighted by Gasteiger charge is -2.29. The molecule has 2 aliphatic heterocycles. The standard InChI is InChI=1S/C15H19F2N3O/c16-10-5-6-12(11(17)9-10)19-15(21)20-8-2-4-14(20)13-3-1-7-18-13/h5-6,9,13-14,18H,1-4,7-8H2,(H,19,21). The molecular weight excluding hydrogens is 276 g/mol. The van der Waals surface area contributed by atoms with Gasteiger partial charge in [-0.15, -0.1) is 0 Å². The summed E-state index contributed by atoms with van der Waals surface area (Å²) in [6.45, 7) is 1.67. The zero-order valence-corrected chi connectivity index (χ0v) is 11.7. The molecule has 0 aromatic heterocycles. The minimum absolute atomic E-state index is 0.0198. The molecule has 1 aromatic carbocycles. The van der Waals surface area contributed by atoms with E-state index in [0.717, 1.165) is 44.4 Å². The van der Waals surface area contributed by atoms with E-state index in [2.05, 4.69) is 10.6 Å². The van der Waals surface area contributed by atoms with Crippen molar-refractivity contribution in [3.63, 3.8) is 0 Å². The van der Waals surface area contributed by atoms with Gasteiger partial charge < -0.3 is 15.5 Å². The highest BCUT2D eigenvalue weighted by molar-refractivity contribution is 5.89. The van der Waals surface area contributed by atoms with E-state index >= 15 is 0 Å². The number of nitrogens with one attached hydrogen (secondary N) is 2. The van der Waals surface area contributed by atoms with E-state index in [-0.39, 0.29) is 17.8 Å². The first-order chi connectivity index (χ1) is 10.1. The second-order valence-electron chi connectivity index (χ2n) is 5.66. The SMILES string of the molecule is O=C(Nc1ccc(F)cc1F)N1CCCC1C1CCCN1. The molecule has 6 heteroatoms. The molecule has 2 amide bonds. The van der Waals surface area contributed by atoms with Gasteiger partial charge in [0.25, 0.3) is 0 Å². The molecule has 3 rings (SSSR count). The average molecular weight is 295 g/mol. The van der Waals surface area contributed by atoms with Gasteiger partial charge in [-0.25, -0.2) is 13.6 Å². The first-order valence-electron chi connectivity index (χ1n) is 7.41. The lowest BCUT2D eigenvalue weighted by Crippen LogP contribution is -2.48. The zero-order valence-electron chi connectivity index (χ0n) is 11.7. The lowest BCUT2D eigenvalue weighted by atomic mass is 10.0. The summed E-state index contributed by atoms with van der Waals surface area (Å²) in [5.74, 6) is -1.40. The Morgan fingerprint density at radius 3 is 2.86 bits per heavy atom. The van der Waals surface area contributed by atoms with Gasteiger partial charge in [0.05, 0.1) is 5.69 Å². The molecular formula is C15H19F2N3O. The van der Waals surface area contributed by atoms with Crippen LogP contribution in [-0.4, -0.2) is 36.1 Å². The molecule has 21 heavy (non-hydrogen) atoms. The molecule has 0 bridgehead atoms. The van der Waals surface area contributed by atoms with Crippen LogP contribution in [-0.2, 0) is 0 Å². The van der Waals surface area contributed by atoms with Crippen molar-refractivity contribution in [3.05, 3.63) is 29.8 Å². The molecule has 2 heterocycles. The fourth-order valence-corrected chi connectivity index (χ4v) is 3.28. The van der Waals surface area contributed by atoms with E-state index in [1.807, 2.05) is 0 Å². The van der Waals surface area contributed by atoms with Crippen LogP contribution >= 0.6 is 0 Å². The molecule has 0 saturated carbocycles. The van der Waals surface area contributed by atoms with Gasteiger partial charge >= 0.3 is 6.03 Å². The van der Waals surface area contributed by atoms with Crippen LogP contribution in [0, 0.1) is 11.6 Å². The van der Waals surface area contributed by atoms with E-state index in [1.165, 1.54) is 6.07 Å². The molecule has 0 aliphatic carbocycles. The lowest BCUT2D eigenvalue weighted by molar-refractivity contribution is 0.195. The number of halogens is 2. The summed E-state index contributed by atoms with van der Waals surface area (Å²) in [5.41, 5.74) is 0.0198. The summed E-state index contributed by atoms with van der Waals surface area (Å²) in [6, 6.07) is 3.35. The van der Waals surface area contributed by atoms with Crippen molar-refractivity contribution in [1.82, 2.24) is 10.2 Å². The molecule has 114 valence electrons. The molecule has 0 radical (unpaired) electrons. The van der Waals surface area contributed by atoms with Crippen LogP contribution in [0.5, 0.6) is 0 Å². The first-order valence-corrected chi connectivity index (χ1v) is 7.41. The Hall–Kier alpha value is -1.69. The number of amides is 2. The minimum Gasteiger partial charge on any atom is -0.320 e. The summed E-state index contributed by atoms with van der Waals surface area (Å²) in [5, 5.41) is 5.97. The van der Waals surface area contributed by atoms with Gasteiger partial charge in [0.2, 0.25) is 0 Å². The number of hydrogen-bond donors (Lipinski definition) is 2. The van der Waals surface area contributed by atoms with Gasteiger partial charge in [0.15, 0.2) is 0 Å². The molecule has 2 atom stereocenters. The van der Waals surface area contributed by atoms with Crippen LogP contribution in [0.25, 0.3) is 0 Å². The van der Waals surface area contributed by atoms with Gasteiger partial charge in [-0.05, 0) is 44.4 Å². The van der Waals surface area contributed by atoms with Crippen LogP contribution in [0.1, 0.15) is 25.7 Å². The fourth-order valence-electron chi connectivity index (χ4n) is 3.28. The number of carbonyl (C=O) groups is 1. The predicted octanol–water partition coefficient (Wildman–Crippen LogP) is 2.71. The Bertz CT molecular complexity index is 532. The van der Waals surface area contributed by atoms with E-state index in [4.69, 9.17) is 0 Å². The Kier molecular flexibility index (Phi) is 4.05. The third kappa shape index (κ3) is 3.00. The quantitative estimate of drug-likeness (QED) is 0.881. The largest absolute Gasteiger partial charge is 0.322 e. The number of likely N-dealkylation sites (tertiary alicyclic amines) is 1. The van der Waals surface area contributed by atoms with E-state index in [0.29, 0.717) is 12.6 Å². The van der Waals surface area contributed by atoms with Crippen molar-refractivity contribution in [2.75, 3.05) is 18.4 Å². The fraction of sp³-hybridized carbons (Fsp3) is 0.533. The van der Waals surface area contributed by atoms with Crippen molar-refractivity contribution in [1.29, 1.82) is 0 Å². The maximum Gasteiger partial charge on any atom is 0.322 e. The monoisotopic (exact) mass is 295 g/mol. The summed E-state index contributed by atoms with van der Waals surface area (Å²) in [7, 11) is 0. The number of anilines is 1. The van der Waals surface area contributed by atoms with Gasteiger partial charge in [0.1, 0.15) is 11.6 Å². The summed E-state index contributed by atoms with van der Waals surface area (Å²) >= 11 is 0. The topological polar surface area (TPSA) is 44.4 Å². The number of nitrogens with zero attached hydrogens (tertiary/aromatic N) is 1. The Balaban J connectivity index is 1.69. The molecule has 0 spiro atoms. The Morgan fingerprint density at radius 2 is 2.14 bits per heavy atom. The van der Waals surface area contributed by atoms with Gasteiger partial charge in [-0.3, -0.25) is 0 Å². The maximum atomic E-state index is 13.6. The van der Waals surface area contributed by atoms with Crippen molar-refractivity contribution in [3.8, 4) is 0 Å². The maximum absolute atomic E-state index is 13.6. The minimum atomic E-state index is -0.752. The van der Waals surface area contributed by atoms with Crippen molar-refractivity contribution < 1.29 is 13.6 Å². The van der Waals surface area contributed by atoms with Crippen LogP contribution < -0.4 is 10.6 Å². The normalized spacial score (nSPS) is 25.3. The number of benzene rings is 1. The second-order valence-corrected chi connectivity index (χ2v) is 5.66. The summed E-state index contributed by atoms with van der Waals surface area (Å²) < 4.78 is 26.5. The second kappa shape index (κ2) is 5.97. The van der Waals surface area contributed by atoms with Crippen LogP contribution in [0.2, 0.25) is 0 Å². The highest BCUT2D eigenvalue weighted by Gasteiger charge is 2.36. The predicted molar refractivity (Wildman–Crippen MR) is 76.1 cm³/mol. The smallest absolute Gasteiger partial charge is 0.320 e. The van der Waals surface area contributed by atoms with Crippen LogP contribution in [0.4, 0.5) is 19.3 Å². The van der Waals surface area contributed by atoms with Crippen LogP contribution in [0.15, 0.2) is 18.2 Å². The third-order valence-corrected chi connectivity index (χ3v) is 4.30. The molecule has 2 unspecified atom stereocenters. The van der Waals surface area contributed by atoms with E-state index in [9.17, 15) is 13.6 Å². The zero-order chi connectivity index (χ0) is 14.8. The van der Waals surface area contributed by atoms with Crippen molar-refractivity contribution in [2.45, 2.75) is 37.8 Å². The third-order valence-electron chi connectivity index (χ3n) is 4.30. The molecule has 1 aromatic rings. The molecule has 4 nitrogen and oxygen atoms in total. The molecule has 2 N–H and O–H groups in total. The number of urea groups is 1. The van der Waals surface area contributed by atoms with E-state index < -0.39 is 11.6 Å². The number of rotatable bonds is 2. The van der Waals surface area contributed by atoms with Gasteiger partial charge in [-0.1, -0.05) is 0 Å². The first kappa shape index (κ1) is 14.3. The highest BCUT2D eigenvalue weighted by Crippen LogP contribution is 2.26.